The molecule has 1 atom stereocenters. The molecule has 1 N–H and O–H groups in total. The van der Waals surface area contributed by atoms with Gasteiger partial charge in [-0.25, -0.2) is 0 Å². The number of nitrogens with zero attached hydrogens (tertiary/aromatic N) is 1. The number of para-hydroxylation sites is 1. The maximum Gasteiger partial charge on any atom is 0.0422 e. The van der Waals surface area contributed by atoms with Gasteiger partial charge in [-0.3, -0.25) is 0 Å². The van der Waals surface area contributed by atoms with Crippen LogP contribution in [0.2, 0.25) is 0 Å². The Kier molecular flexibility index (Phi) is 4.03. The van der Waals surface area contributed by atoms with E-state index in [1.807, 2.05) is 0 Å². The van der Waals surface area contributed by atoms with Gasteiger partial charge in [0.05, 0.1) is 0 Å². The molecule has 20 heavy (non-hydrogen) atoms. The zero-order chi connectivity index (χ0) is 13.8. The predicted octanol–water partition coefficient (Wildman–Crippen LogP) is 3.86. The normalized spacial score (nSPS) is 19.8. The maximum absolute atomic E-state index is 3.74. The Hall–Kier alpha value is -1.80. The maximum atomic E-state index is 3.74. The highest BCUT2D eigenvalue weighted by molar-refractivity contribution is 5.77. The average molecular weight is 266 g/mol. The van der Waals surface area contributed by atoms with E-state index in [4.69, 9.17) is 0 Å². The number of anilines is 1. The lowest BCUT2D eigenvalue weighted by Gasteiger charge is -2.31. The third-order valence-corrected chi connectivity index (χ3v) is 4.00. The summed E-state index contributed by atoms with van der Waals surface area (Å²) in [5, 5.41) is 3.74. The number of rotatable bonds is 3. The second kappa shape index (κ2) is 6.10. The molecule has 2 nitrogen and oxygen atoms in total. The Labute approximate surface area is 121 Å². The highest BCUT2D eigenvalue weighted by atomic mass is 15.1. The van der Waals surface area contributed by atoms with Crippen molar-refractivity contribution < 1.29 is 0 Å². The zero-order valence-electron chi connectivity index (χ0n) is 12.0. The summed E-state index contributed by atoms with van der Waals surface area (Å²) in [6.07, 6.45) is 2.54. The molecule has 2 aromatic carbocycles. The van der Waals surface area contributed by atoms with E-state index in [1.165, 1.54) is 36.2 Å². The first kappa shape index (κ1) is 13.2. The molecule has 1 aliphatic heterocycles. The van der Waals surface area contributed by atoms with Gasteiger partial charge in [-0.05, 0) is 38.1 Å². The molecule has 1 aliphatic rings. The van der Waals surface area contributed by atoms with Crippen LogP contribution < -0.4 is 5.32 Å². The van der Waals surface area contributed by atoms with E-state index >= 15 is 0 Å². The van der Waals surface area contributed by atoms with Gasteiger partial charge in [0.2, 0.25) is 0 Å². The number of likely N-dealkylation sites (N-methyl/N-ethyl adjacent to an activating group) is 1. The fourth-order valence-electron chi connectivity index (χ4n) is 2.98. The smallest absolute Gasteiger partial charge is 0.0422 e. The third-order valence-electron chi connectivity index (χ3n) is 4.00. The molecular weight excluding hydrogens is 244 g/mol. The standard InChI is InChI=1S/C18H22N2/c1-20-13-7-10-16(14-20)19-18-12-6-5-11-17(18)15-8-3-2-4-9-15/h2-6,8-9,11-12,16,19H,7,10,13-14H2,1H3. The van der Waals surface area contributed by atoms with E-state index in [0.29, 0.717) is 6.04 Å². The van der Waals surface area contributed by atoms with E-state index in [9.17, 15) is 0 Å². The Morgan fingerprint density at radius 1 is 1.00 bits per heavy atom. The van der Waals surface area contributed by atoms with Gasteiger partial charge in [-0.15, -0.1) is 0 Å². The molecular formula is C18H22N2. The number of hydrogen-bond donors (Lipinski definition) is 1. The number of nitrogens with one attached hydrogen (secondary N) is 1. The van der Waals surface area contributed by atoms with E-state index in [2.05, 4.69) is 71.9 Å². The number of likely N-dealkylation sites (tertiary alicyclic amines) is 1. The molecule has 104 valence electrons. The lowest BCUT2D eigenvalue weighted by atomic mass is 10.0. The number of hydrogen-bond acceptors (Lipinski definition) is 2. The van der Waals surface area contributed by atoms with E-state index in [0.717, 1.165) is 6.54 Å². The molecule has 2 aromatic rings. The molecule has 0 aromatic heterocycles. The quantitative estimate of drug-likeness (QED) is 0.907. The van der Waals surface area contributed by atoms with Gasteiger partial charge in [0.15, 0.2) is 0 Å². The van der Waals surface area contributed by atoms with Crippen molar-refractivity contribution in [1.29, 1.82) is 0 Å². The summed E-state index contributed by atoms with van der Waals surface area (Å²) in [6.45, 7) is 2.35. The molecule has 1 fully saturated rings. The largest absolute Gasteiger partial charge is 0.381 e. The van der Waals surface area contributed by atoms with Crippen LogP contribution in [-0.4, -0.2) is 31.1 Å². The first-order valence-electron chi connectivity index (χ1n) is 7.42. The lowest BCUT2D eigenvalue weighted by molar-refractivity contribution is 0.261. The second-order valence-electron chi connectivity index (χ2n) is 5.66. The Morgan fingerprint density at radius 3 is 2.55 bits per heavy atom. The zero-order valence-corrected chi connectivity index (χ0v) is 12.0. The highest BCUT2D eigenvalue weighted by Gasteiger charge is 2.17. The summed E-state index contributed by atoms with van der Waals surface area (Å²) in [4.78, 5) is 2.41. The van der Waals surface area contributed by atoms with Crippen molar-refractivity contribution in [2.75, 3.05) is 25.5 Å². The van der Waals surface area contributed by atoms with Crippen LogP contribution in [0.5, 0.6) is 0 Å². The molecule has 0 spiro atoms. The summed E-state index contributed by atoms with van der Waals surface area (Å²) in [6, 6.07) is 19.8. The van der Waals surface area contributed by atoms with Crippen molar-refractivity contribution in [3.63, 3.8) is 0 Å². The second-order valence-corrected chi connectivity index (χ2v) is 5.66. The van der Waals surface area contributed by atoms with Crippen molar-refractivity contribution in [2.45, 2.75) is 18.9 Å². The summed E-state index contributed by atoms with van der Waals surface area (Å²) >= 11 is 0. The fraction of sp³-hybridized carbons (Fsp3) is 0.333. The fourth-order valence-corrected chi connectivity index (χ4v) is 2.98. The average Bonchev–Trinajstić information content (AvgIpc) is 2.49. The summed E-state index contributed by atoms with van der Waals surface area (Å²) in [5.74, 6) is 0. The van der Waals surface area contributed by atoms with Gasteiger partial charge < -0.3 is 10.2 Å². The Balaban J connectivity index is 1.83. The summed E-state index contributed by atoms with van der Waals surface area (Å²) in [7, 11) is 2.21. The minimum atomic E-state index is 0.554. The summed E-state index contributed by atoms with van der Waals surface area (Å²) < 4.78 is 0. The molecule has 1 saturated heterocycles. The van der Waals surface area contributed by atoms with Crippen LogP contribution in [0, 0.1) is 0 Å². The Bertz CT molecular complexity index is 550. The SMILES string of the molecule is CN1CCCC(Nc2ccccc2-c2ccccc2)C1. The van der Waals surface area contributed by atoms with Crippen molar-refractivity contribution in [3.05, 3.63) is 54.6 Å². The van der Waals surface area contributed by atoms with Crippen molar-refractivity contribution in [1.82, 2.24) is 4.90 Å². The molecule has 0 saturated carbocycles. The van der Waals surface area contributed by atoms with Crippen LogP contribution in [0.1, 0.15) is 12.8 Å². The van der Waals surface area contributed by atoms with Gasteiger partial charge in [0.25, 0.3) is 0 Å². The van der Waals surface area contributed by atoms with Crippen LogP contribution in [0.3, 0.4) is 0 Å². The molecule has 2 heteroatoms. The molecule has 0 amide bonds. The minimum absolute atomic E-state index is 0.554. The number of benzene rings is 2. The molecule has 1 unspecified atom stereocenters. The lowest BCUT2D eigenvalue weighted by Crippen LogP contribution is -2.39. The topological polar surface area (TPSA) is 15.3 Å². The molecule has 0 aliphatic carbocycles. The summed E-state index contributed by atoms with van der Waals surface area (Å²) in [5.41, 5.74) is 3.82. The first-order chi connectivity index (χ1) is 9.83. The van der Waals surface area contributed by atoms with Crippen molar-refractivity contribution in [3.8, 4) is 11.1 Å². The van der Waals surface area contributed by atoms with E-state index in [-0.39, 0.29) is 0 Å². The van der Waals surface area contributed by atoms with Gasteiger partial charge in [-0.2, -0.15) is 0 Å². The van der Waals surface area contributed by atoms with Crippen LogP contribution >= 0.6 is 0 Å². The Morgan fingerprint density at radius 2 is 1.75 bits per heavy atom. The van der Waals surface area contributed by atoms with E-state index in [1.54, 1.807) is 0 Å². The predicted molar refractivity (Wildman–Crippen MR) is 86.0 cm³/mol. The molecule has 3 rings (SSSR count). The van der Waals surface area contributed by atoms with Gasteiger partial charge >= 0.3 is 0 Å². The van der Waals surface area contributed by atoms with Crippen molar-refractivity contribution in [2.24, 2.45) is 0 Å². The molecule has 1 heterocycles. The molecule has 0 bridgehead atoms. The number of piperidine rings is 1. The minimum Gasteiger partial charge on any atom is -0.381 e. The van der Waals surface area contributed by atoms with Gasteiger partial charge in [0, 0.05) is 23.8 Å². The highest BCUT2D eigenvalue weighted by Crippen LogP contribution is 2.28. The van der Waals surface area contributed by atoms with E-state index < -0.39 is 0 Å². The monoisotopic (exact) mass is 266 g/mol. The van der Waals surface area contributed by atoms with Gasteiger partial charge in [-0.1, -0.05) is 48.5 Å². The van der Waals surface area contributed by atoms with Crippen LogP contribution in [0.25, 0.3) is 11.1 Å². The third kappa shape index (κ3) is 3.02. The van der Waals surface area contributed by atoms with Crippen LogP contribution in [0.15, 0.2) is 54.6 Å². The molecule has 0 radical (unpaired) electrons. The van der Waals surface area contributed by atoms with Gasteiger partial charge in [0.1, 0.15) is 0 Å². The van der Waals surface area contributed by atoms with Crippen molar-refractivity contribution >= 4 is 5.69 Å². The van der Waals surface area contributed by atoms with Crippen LogP contribution in [-0.2, 0) is 0 Å². The first-order valence-corrected chi connectivity index (χ1v) is 7.42. The van der Waals surface area contributed by atoms with Crippen LogP contribution in [0.4, 0.5) is 5.69 Å².